The molecule has 1 aromatic heterocycles. The van der Waals surface area contributed by atoms with Crippen molar-refractivity contribution in [3.63, 3.8) is 0 Å². The van der Waals surface area contributed by atoms with E-state index in [1.165, 1.54) is 60.1 Å². The number of benzene rings is 2. The van der Waals surface area contributed by atoms with E-state index in [-0.39, 0.29) is 6.10 Å². The molecular formula is C26H35N3O+2. The summed E-state index contributed by atoms with van der Waals surface area (Å²) in [6, 6.07) is 19.6. The lowest BCUT2D eigenvalue weighted by atomic mass is 9.95. The highest BCUT2D eigenvalue weighted by Crippen LogP contribution is 2.32. The molecule has 4 nitrogen and oxygen atoms in total. The van der Waals surface area contributed by atoms with Gasteiger partial charge in [0.25, 0.3) is 0 Å². The lowest BCUT2D eigenvalue weighted by Crippen LogP contribution is -3.28. The van der Waals surface area contributed by atoms with Gasteiger partial charge in [0.1, 0.15) is 45.4 Å². The first-order valence-electron chi connectivity index (χ1n) is 11.8. The molecule has 1 aliphatic carbocycles. The van der Waals surface area contributed by atoms with Gasteiger partial charge in [-0.05, 0) is 37.3 Å². The van der Waals surface area contributed by atoms with Crippen molar-refractivity contribution in [1.29, 1.82) is 0 Å². The van der Waals surface area contributed by atoms with Crippen LogP contribution in [0.5, 0.6) is 0 Å². The van der Waals surface area contributed by atoms with Crippen molar-refractivity contribution in [3.05, 3.63) is 71.4 Å². The monoisotopic (exact) mass is 405 g/mol. The van der Waals surface area contributed by atoms with Crippen LogP contribution in [0.1, 0.15) is 29.7 Å². The van der Waals surface area contributed by atoms with E-state index in [1.807, 2.05) is 0 Å². The minimum atomic E-state index is -0.280. The van der Waals surface area contributed by atoms with Gasteiger partial charge < -0.3 is 19.5 Å². The molecule has 158 valence electrons. The zero-order valence-corrected chi connectivity index (χ0v) is 17.9. The summed E-state index contributed by atoms with van der Waals surface area (Å²) in [4.78, 5) is 3.23. The lowest BCUT2D eigenvalue weighted by molar-refractivity contribution is -1.02. The van der Waals surface area contributed by atoms with Crippen molar-refractivity contribution < 1.29 is 14.9 Å². The van der Waals surface area contributed by atoms with Crippen LogP contribution in [-0.4, -0.2) is 48.5 Å². The quantitative estimate of drug-likeness (QED) is 0.559. The molecule has 2 heterocycles. The smallest absolute Gasteiger partial charge is 0.127 e. The molecule has 0 saturated carbocycles. The number of aryl methyl sites for hydroxylation is 1. The number of aliphatic hydroxyl groups excluding tert-OH is 1. The van der Waals surface area contributed by atoms with Crippen LogP contribution in [-0.2, 0) is 25.9 Å². The Morgan fingerprint density at radius 3 is 2.37 bits per heavy atom. The second kappa shape index (κ2) is 8.93. The summed E-state index contributed by atoms with van der Waals surface area (Å²) in [7, 11) is 0. The molecule has 0 bridgehead atoms. The summed E-state index contributed by atoms with van der Waals surface area (Å²) in [6.07, 6.45) is 4.64. The van der Waals surface area contributed by atoms with Crippen LogP contribution in [0.2, 0.25) is 0 Å². The Hall–Kier alpha value is -2.14. The molecule has 0 radical (unpaired) electrons. The first kappa shape index (κ1) is 19.8. The maximum absolute atomic E-state index is 11.0. The zero-order valence-electron chi connectivity index (χ0n) is 17.9. The van der Waals surface area contributed by atoms with Gasteiger partial charge in [-0.1, -0.05) is 48.5 Å². The van der Waals surface area contributed by atoms with Gasteiger partial charge in [0.05, 0.1) is 6.54 Å². The zero-order chi connectivity index (χ0) is 20.3. The highest BCUT2D eigenvalue weighted by atomic mass is 16.3. The number of quaternary nitrogens is 2. The summed E-state index contributed by atoms with van der Waals surface area (Å²) in [5.74, 6) is 0. The van der Waals surface area contributed by atoms with E-state index >= 15 is 0 Å². The molecular weight excluding hydrogens is 370 g/mol. The van der Waals surface area contributed by atoms with Crippen molar-refractivity contribution in [1.82, 2.24) is 4.57 Å². The first-order chi connectivity index (χ1) is 14.8. The number of para-hydroxylation sites is 1. The molecule has 3 aromatic rings. The van der Waals surface area contributed by atoms with Crippen molar-refractivity contribution in [3.8, 4) is 0 Å². The second-order valence-corrected chi connectivity index (χ2v) is 9.28. The van der Waals surface area contributed by atoms with E-state index in [2.05, 4.69) is 59.2 Å². The van der Waals surface area contributed by atoms with Crippen LogP contribution >= 0.6 is 0 Å². The maximum atomic E-state index is 11.0. The largest absolute Gasteiger partial charge is 0.385 e. The molecule has 30 heavy (non-hydrogen) atoms. The SMILES string of the molecule is OC(Cn1c2c(c3ccccc31)CCCC2)C[NH+]1CC[NH+](Cc2ccccc2)CC1. The summed E-state index contributed by atoms with van der Waals surface area (Å²) in [5.41, 5.74) is 5.76. The minimum absolute atomic E-state index is 0.280. The Kier molecular flexibility index (Phi) is 5.89. The van der Waals surface area contributed by atoms with E-state index in [0.29, 0.717) is 0 Å². The Labute approximate surface area is 179 Å². The molecule has 1 atom stereocenters. The van der Waals surface area contributed by atoms with Gasteiger partial charge in [-0.15, -0.1) is 0 Å². The van der Waals surface area contributed by atoms with E-state index in [9.17, 15) is 5.11 Å². The summed E-state index contributed by atoms with van der Waals surface area (Å²) in [6.45, 7) is 7.42. The van der Waals surface area contributed by atoms with Crippen LogP contribution in [0.25, 0.3) is 10.9 Å². The number of nitrogens with one attached hydrogen (secondary N) is 2. The standard InChI is InChI=1S/C26H33N3O/c30-22(19-28-16-14-27(15-17-28)18-21-8-2-1-3-9-21)20-29-25-12-6-4-10-23(25)24-11-5-7-13-26(24)29/h1-4,6,8-10,12,22,30H,5,7,11,13-20H2/p+2. The molecule has 0 amide bonds. The van der Waals surface area contributed by atoms with Crippen LogP contribution in [0.3, 0.4) is 0 Å². The van der Waals surface area contributed by atoms with Crippen LogP contribution in [0.15, 0.2) is 54.6 Å². The number of rotatable bonds is 6. The van der Waals surface area contributed by atoms with E-state index in [0.717, 1.165) is 39.1 Å². The highest BCUT2D eigenvalue weighted by molar-refractivity contribution is 5.85. The lowest BCUT2D eigenvalue weighted by Gasteiger charge is -2.31. The fourth-order valence-corrected chi connectivity index (χ4v) is 5.63. The van der Waals surface area contributed by atoms with Crippen molar-refractivity contribution >= 4 is 10.9 Å². The molecule has 3 N–H and O–H groups in total. The van der Waals surface area contributed by atoms with Crippen molar-refractivity contribution in [2.45, 2.75) is 44.9 Å². The van der Waals surface area contributed by atoms with Crippen LogP contribution in [0, 0.1) is 0 Å². The average molecular weight is 406 g/mol. The third-order valence-corrected chi connectivity index (χ3v) is 7.16. The summed E-state index contributed by atoms with van der Waals surface area (Å²) in [5, 5.41) is 12.4. The third kappa shape index (κ3) is 4.18. The second-order valence-electron chi connectivity index (χ2n) is 9.28. The predicted octanol–water partition coefficient (Wildman–Crippen LogP) is 0.865. The molecule has 1 aliphatic heterocycles. The Morgan fingerprint density at radius 2 is 1.53 bits per heavy atom. The summed E-state index contributed by atoms with van der Waals surface area (Å²) < 4.78 is 2.44. The molecule has 1 unspecified atom stereocenters. The Balaban J connectivity index is 1.20. The molecule has 1 fully saturated rings. The molecule has 4 heteroatoms. The number of hydrogen-bond donors (Lipinski definition) is 3. The average Bonchev–Trinajstić information content (AvgIpc) is 3.10. The van der Waals surface area contributed by atoms with Gasteiger partial charge in [-0.25, -0.2) is 0 Å². The number of fused-ring (bicyclic) bond motifs is 3. The molecule has 2 aromatic carbocycles. The van der Waals surface area contributed by atoms with Gasteiger partial charge in [0.15, 0.2) is 0 Å². The maximum Gasteiger partial charge on any atom is 0.127 e. The third-order valence-electron chi connectivity index (χ3n) is 7.16. The van der Waals surface area contributed by atoms with E-state index in [1.54, 1.807) is 9.80 Å². The van der Waals surface area contributed by atoms with Crippen LogP contribution in [0.4, 0.5) is 0 Å². The fourth-order valence-electron chi connectivity index (χ4n) is 5.63. The minimum Gasteiger partial charge on any atom is -0.385 e. The highest BCUT2D eigenvalue weighted by Gasteiger charge is 2.26. The first-order valence-corrected chi connectivity index (χ1v) is 11.8. The number of hydrogen-bond acceptors (Lipinski definition) is 1. The Morgan fingerprint density at radius 1 is 0.833 bits per heavy atom. The van der Waals surface area contributed by atoms with E-state index in [4.69, 9.17) is 0 Å². The number of piperazine rings is 1. The van der Waals surface area contributed by atoms with Gasteiger partial charge in [0, 0.05) is 22.2 Å². The number of aliphatic hydroxyl groups is 1. The van der Waals surface area contributed by atoms with Gasteiger partial charge in [0.2, 0.25) is 0 Å². The van der Waals surface area contributed by atoms with Gasteiger partial charge in [-0.3, -0.25) is 0 Å². The summed E-state index contributed by atoms with van der Waals surface area (Å²) >= 11 is 0. The van der Waals surface area contributed by atoms with Crippen molar-refractivity contribution in [2.24, 2.45) is 0 Å². The van der Waals surface area contributed by atoms with Gasteiger partial charge in [-0.2, -0.15) is 0 Å². The molecule has 0 spiro atoms. The van der Waals surface area contributed by atoms with Gasteiger partial charge >= 0.3 is 0 Å². The molecule has 2 aliphatic rings. The number of aromatic nitrogens is 1. The van der Waals surface area contributed by atoms with Crippen LogP contribution < -0.4 is 9.80 Å². The Bertz CT molecular complexity index is 973. The predicted molar refractivity (Wildman–Crippen MR) is 121 cm³/mol. The van der Waals surface area contributed by atoms with E-state index < -0.39 is 0 Å². The topological polar surface area (TPSA) is 34.0 Å². The molecule has 1 saturated heterocycles. The molecule has 5 rings (SSSR count). The fraction of sp³-hybridized carbons (Fsp3) is 0.462. The number of nitrogens with zero attached hydrogens (tertiary/aromatic N) is 1. The normalized spacial score (nSPS) is 22.7. The van der Waals surface area contributed by atoms with Crippen molar-refractivity contribution in [2.75, 3.05) is 32.7 Å².